The molecule has 0 fully saturated rings. The van der Waals surface area contributed by atoms with Crippen molar-refractivity contribution in [3.8, 4) is 0 Å². The van der Waals surface area contributed by atoms with E-state index in [-0.39, 0.29) is 1.43 Å². The predicted molar refractivity (Wildman–Crippen MR) is 102 cm³/mol. The summed E-state index contributed by atoms with van der Waals surface area (Å²) in [6.45, 7) is 7.73. The Morgan fingerprint density at radius 2 is 0.810 bits per heavy atom. The summed E-state index contributed by atoms with van der Waals surface area (Å²) in [5, 5.41) is 3.21. The minimum atomic E-state index is 0. The van der Waals surface area contributed by atoms with Crippen molar-refractivity contribution in [3.05, 3.63) is 0 Å². The zero-order valence-electron chi connectivity index (χ0n) is 15.8. The van der Waals surface area contributed by atoms with Crippen LogP contribution >= 0.6 is 0 Å². The summed E-state index contributed by atoms with van der Waals surface area (Å²) in [4.78, 5) is 0. The molecule has 0 aromatic rings. The van der Waals surface area contributed by atoms with Crippen LogP contribution in [0.5, 0.6) is 0 Å². The van der Waals surface area contributed by atoms with Crippen molar-refractivity contribution >= 4 is 0 Å². The van der Waals surface area contributed by atoms with E-state index in [9.17, 15) is 0 Å². The quantitative estimate of drug-likeness (QED) is 0.312. The summed E-state index contributed by atoms with van der Waals surface area (Å²) in [5.74, 6) is 0. The molecule has 0 heterocycles. The van der Waals surface area contributed by atoms with Crippen LogP contribution in [0.25, 0.3) is 0 Å². The van der Waals surface area contributed by atoms with Gasteiger partial charge in [0.15, 0.2) is 0 Å². The Hall–Kier alpha value is -0.0400. The molecule has 0 radical (unpaired) electrons. The molecule has 132 valence electrons. The van der Waals surface area contributed by atoms with Crippen molar-refractivity contribution in [2.75, 3.05) is 13.6 Å². The first-order valence-corrected chi connectivity index (χ1v) is 9.97. The topological polar surface area (TPSA) is 12.0 Å². The standard InChI is InChI=1S/C17H37N.C3H8.H2/c1-3-4-5-6-7-8-9-10-11-12-13-14-15-16-17-18-2;1-3-2;/h18H,3-17H2,1-2H3;3H2,1-2H3;1H. The smallest absolute Gasteiger partial charge is 0 e. The molecule has 1 heteroatoms. The molecular weight excluding hydrogens is 254 g/mol. The first kappa shape index (κ1) is 23.2. The van der Waals surface area contributed by atoms with E-state index in [4.69, 9.17) is 0 Å². The molecular formula is C20H47N. The fourth-order valence-corrected chi connectivity index (χ4v) is 2.50. The molecule has 0 aromatic carbocycles. The molecule has 21 heavy (non-hydrogen) atoms. The van der Waals surface area contributed by atoms with Crippen LogP contribution in [0, 0.1) is 0 Å². The van der Waals surface area contributed by atoms with Gasteiger partial charge < -0.3 is 5.32 Å². The van der Waals surface area contributed by atoms with Crippen LogP contribution in [-0.2, 0) is 0 Å². The minimum Gasteiger partial charge on any atom is -0.320 e. The van der Waals surface area contributed by atoms with Gasteiger partial charge in [-0.2, -0.15) is 0 Å². The number of unbranched alkanes of at least 4 members (excludes halogenated alkanes) is 13. The van der Waals surface area contributed by atoms with E-state index in [0.717, 1.165) is 0 Å². The number of rotatable bonds is 15. The highest BCUT2D eigenvalue weighted by molar-refractivity contribution is 4.49. The molecule has 0 bridgehead atoms. The molecule has 1 nitrogen and oxygen atoms in total. The molecule has 0 aliphatic rings. The summed E-state index contributed by atoms with van der Waals surface area (Å²) >= 11 is 0. The second-order valence-corrected chi connectivity index (χ2v) is 6.41. The van der Waals surface area contributed by atoms with Gasteiger partial charge in [-0.3, -0.25) is 0 Å². The van der Waals surface area contributed by atoms with Crippen molar-refractivity contribution in [2.24, 2.45) is 0 Å². The van der Waals surface area contributed by atoms with E-state index in [1.165, 1.54) is 103 Å². The van der Waals surface area contributed by atoms with Gasteiger partial charge in [-0.25, -0.2) is 0 Å². The number of nitrogens with one attached hydrogen (secondary N) is 1. The van der Waals surface area contributed by atoms with Crippen LogP contribution in [0.4, 0.5) is 0 Å². The first-order valence-electron chi connectivity index (χ1n) is 9.97. The molecule has 0 unspecified atom stereocenters. The van der Waals surface area contributed by atoms with Gasteiger partial charge in [0.1, 0.15) is 0 Å². The third-order valence-electron chi connectivity index (χ3n) is 3.78. The van der Waals surface area contributed by atoms with Gasteiger partial charge in [0, 0.05) is 1.43 Å². The minimum absolute atomic E-state index is 0. The van der Waals surface area contributed by atoms with Gasteiger partial charge in [0.05, 0.1) is 0 Å². The molecule has 0 aliphatic carbocycles. The first-order chi connectivity index (χ1) is 10.3. The van der Waals surface area contributed by atoms with E-state index in [2.05, 4.69) is 26.1 Å². The van der Waals surface area contributed by atoms with Gasteiger partial charge in [-0.05, 0) is 20.0 Å². The highest BCUT2D eigenvalue weighted by atomic mass is 14.8. The number of hydrogen-bond acceptors (Lipinski definition) is 1. The Morgan fingerprint density at radius 3 is 1.10 bits per heavy atom. The lowest BCUT2D eigenvalue weighted by molar-refractivity contribution is 0.533. The Bertz CT molecular complexity index is 135. The molecule has 1 N–H and O–H groups in total. The largest absolute Gasteiger partial charge is 0.320 e. The molecule has 0 amide bonds. The Morgan fingerprint density at radius 1 is 0.524 bits per heavy atom. The highest BCUT2D eigenvalue weighted by Gasteiger charge is 1.93. The van der Waals surface area contributed by atoms with E-state index in [1.54, 1.807) is 0 Å². The van der Waals surface area contributed by atoms with Crippen molar-refractivity contribution in [1.29, 1.82) is 0 Å². The normalized spacial score (nSPS) is 10.3. The molecule has 0 rings (SSSR count). The van der Waals surface area contributed by atoms with Crippen LogP contribution in [0.15, 0.2) is 0 Å². The summed E-state index contributed by atoms with van der Waals surface area (Å²) in [6, 6.07) is 0. The fourth-order valence-electron chi connectivity index (χ4n) is 2.50. The summed E-state index contributed by atoms with van der Waals surface area (Å²) in [7, 11) is 2.04. The molecule has 0 aromatic heterocycles. The monoisotopic (exact) mass is 301 g/mol. The SMILES string of the molecule is CCC.CCCCCCCCCCCCCCCCNC.[HH]. The third kappa shape index (κ3) is 28.8. The van der Waals surface area contributed by atoms with E-state index in [0.29, 0.717) is 0 Å². The Labute approximate surface area is 138 Å². The molecule has 0 atom stereocenters. The van der Waals surface area contributed by atoms with Gasteiger partial charge >= 0.3 is 0 Å². The van der Waals surface area contributed by atoms with Crippen molar-refractivity contribution in [2.45, 2.75) is 117 Å². The van der Waals surface area contributed by atoms with E-state index < -0.39 is 0 Å². The van der Waals surface area contributed by atoms with Crippen LogP contribution in [0.1, 0.15) is 119 Å². The van der Waals surface area contributed by atoms with Crippen LogP contribution in [0.2, 0.25) is 0 Å². The van der Waals surface area contributed by atoms with Gasteiger partial charge in [-0.15, -0.1) is 0 Å². The molecule has 0 saturated heterocycles. The number of hydrogen-bond donors (Lipinski definition) is 1. The van der Waals surface area contributed by atoms with Crippen molar-refractivity contribution < 1.29 is 1.43 Å². The molecule has 0 aliphatic heterocycles. The van der Waals surface area contributed by atoms with Crippen LogP contribution in [-0.4, -0.2) is 13.6 Å². The lowest BCUT2D eigenvalue weighted by atomic mass is 10.0. The molecule has 0 saturated carbocycles. The van der Waals surface area contributed by atoms with Gasteiger partial charge in [0.25, 0.3) is 0 Å². The summed E-state index contributed by atoms with van der Waals surface area (Å²) in [5.41, 5.74) is 0. The lowest BCUT2D eigenvalue weighted by Gasteiger charge is -2.03. The molecule has 0 spiro atoms. The van der Waals surface area contributed by atoms with Crippen LogP contribution < -0.4 is 5.32 Å². The third-order valence-corrected chi connectivity index (χ3v) is 3.78. The second kappa shape index (κ2) is 24.9. The maximum Gasteiger partial charge on any atom is 0 e. The average molecular weight is 302 g/mol. The fraction of sp³-hybridized carbons (Fsp3) is 1.00. The van der Waals surface area contributed by atoms with Gasteiger partial charge in [-0.1, -0.05) is 111 Å². The summed E-state index contributed by atoms with van der Waals surface area (Å²) in [6.07, 6.45) is 21.5. The predicted octanol–water partition coefficient (Wildman–Crippen LogP) is 7.35. The summed E-state index contributed by atoms with van der Waals surface area (Å²) < 4.78 is 0. The zero-order chi connectivity index (χ0) is 16.0. The van der Waals surface area contributed by atoms with Crippen molar-refractivity contribution in [1.82, 2.24) is 5.32 Å². The highest BCUT2D eigenvalue weighted by Crippen LogP contribution is 2.12. The van der Waals surface area contributed by atoms with E-state index >= 15 is 0 Å². The Kier molecular flexibility index (Phi) is 27.6. The Balaban J connectivity index is -0.000000827. The zero-order valence-corrected chi connectivity index (χ0v) is 15.8. The van der Waals surface area contributed by atoms with E-state index in [1.807, 2.05) is 7.05 Å². The maximum atomic E-state index is 3.21. The van der Waals surface area contributed by atoms with Gasteiger partial charge in [0.2, 0.25) is 0 Å². The maximum absolute atomic E-state index is 3.21. The second-order valence-electron chi connectivity index (χ2n) is 6.41. The van der Waals surface area contributed by atoms with Crippen LogP contribution in [0.3, 0.4) is 0 Å². The lowest BCUT2D eigenvalue weighted by Crippen LogP contribution is -2.06. The average Bonchev–Trinajstić information content (AvgIpc) is 2.48. The van der Waals surface area contributed by atoms with Crippen molar-refractivity contribution in [3.63, 3.8) is 0 Å².